The van der Waals surface area contributed by atoms with E-state index in [4.69, 9.17) is 5.11 Å². The van der Waals surface area contributed by atoms with E-state index < -0.39 is 23.4 Å². The summed E-state index contributed by atoms with van der Waals surface area (Å²) in [6.45, 7) is 0.559. The van der Waals surface area contributed by atoms with Crippen LogP contribution in [-0.4, -0.2) is 37.5 Å². The molecule has 1 fully saturated rings. The molecule has 1 aliphatic heterocycles. The third-order valence-electron chi connectivity index (χ3n) is 2.26. The molecule has 0 radical (unpaired) electrons. The molecule has 5 nitrogen and oxygen atoms in total. The Balaban J connectivity index is 2.13. The molecule has 1 N–H and O–H groups in total. The SMILES string of the molecule is O=C(O)[C@@H]1CCCN1[S+]([O-])c1nccs1. The standard InChI is InChI=1S/C8H10N2O3S2/c11-7(12)6-2-1-4-10(6)15(13)8-9-3-5-14-8/h3,5-6H,1-2,4H2,(H,11,12)/t6-,15?/m0/s1. The maximum absolute atomic E-state index is 11.9. The highest BCUT2D eigenvalue weighted by Gasteiger charge is 2.40. The highest BCUT2D eigenvalue weighted by Crippen LogP contribution is 2.26. The quantitative estimate of drug-likeness (QED) is 0.795. The Labute approximate surface area is 94.1 Å². The molecule has 0 aromatic carbocycles. The minimum atomic E-state index is -1.42. The van der Waals surface area contributed by atoms with Crippen molar-refractivity contribution in [2.45, 2.75) is 23.2 Å². The van der Waals surface area contributed by atoms with E-state index in [1.54, 1.807) is 11.6 Å². The van der Waals surface area contributed by atoms with Gasteiger partial charge < -0.3 is 9.66 Å². The number of carboxylic acids is 1. The number of hydrogen-bond donors (Lipinski definition) is 1. The first kappa shape index (κ1) is 10.9. The molecule has 1 aromatic heterocycles. The number of carbonyl (C=O) groups is 1. The van der Waals surface area contributed by atoms with Crippen LogP contribution in [0.3, 0.4) is 0 Å². The Kier molecular flexibility index (Phi) is 3.25. The van der Waals surface area contributed by atoms with Crippen molar-refractivity contribution in [1.82, 2.24) is 9.29 Å². The lowest BCUT2D eigenvalue weighted by molar-refractivity contribution is -0.140. The summed E-state index contributed by atoms with van der Waals surface area (Å²) >= 11 is -0.133. The largest absolute Gasteiger partial charge is 0.591 e. The summed E-state index contributed by atoms with van der Waals surface area (Å²) in [5.41, 5.74) is 0. The number of hydrogen-bond acceptors (Lipinski definition) is 5. The number of aromatic nitrogens is 1. The molecule has 1 aromatic rings. The van der Waals surface area contributed by atoms with Gasteiger partial charge in [0.15, 0.2) is 6.04 Å². The van der Waals surface area contributed by atoms with Crippen molar-refractivity contribution in [3.8, 4) is 0 Å². The Hall–Kier alpha value is -0.630. The zero-order valence-corrected chi connectivity index (χ0v) is 9.46. The summed E-state index contributed by atoms with van der Waals surface area (Å²) in [5, 5.41) is 10.7. The summed E-state index contributed by atoms with van der Waals surface area (Å²) < 4.78 is 13.9. The summed E-state index contributed by atoms with van der Waals surface area (Å²) in [6, 6.07) is -0.630. The van der Waals surface area contributed by atoms with E-state index in [0.29, 0.717) is 17.3 Å². The predicted octanol–water partition coefficient (Wildman–Crippen LogP) is 0.715. The third kappa shape index (κ3) is 2.15. The fourth-order valence-corrected chi connectivity index (χ4v) is 3.80. The third-order valence-corrected chi connectivity index (χ3v) is 4.81. The predicted molar refractivity (Wildman–Crippen MR) is 55.9 cm³/mol. The van der Waals surface area contributed by atoms with Crippen LogP contribution in [0.2, 0.25) is 0 Å². The summed E-state index contributed by atoms with van der Waals surface area (Å²) in [4.78, 5) is 14.8. The van der Waals surface area contributed by atoms with Gasteiger partial charge in [-0.3, -0.25) is 4.79 Å². The number of aliphatic carboxylic acids is 1. The molecule has 0 aliphatic carbocycles. The Morgan fingerprint density at radius 1 is 1.80 bits per heavy atom. The Bertz CT molecular complexity index is 344. The van der Waals surface area contributed by atoms with Crippen molar-refractivity contribution < 1.29 is 14.5 Å². The van der Waals surface area contributed by atoms with Gasteiger partial charge >= 0.3 is 10.3 Å². The number of thiazole rings is 1. The second-order valence-corrected chi connectivity index (χ2v) is 5.69. The van der Waals surface area contributed by atoms with Crippen molar-refractivity contribution in [2.75, 3.05) is 6.54 Å². The zero-order chi connectivity index (χ0) is 10.8. The second kappa shape index (κ2) is 4.48. The topological polar surface area (TPSA) is 76.5 Å². The number of nitrogens with zero attached hydrogens (tertiary/aromatic N) is 2. The number of rotatable bonds is 3. The van der Waals surface area contributed by atoms with E-state index in [0.717, 1.165) is 6.42 Å². The maximum atomic E-state index is 11.9. The van der Waals surface area contributed by atoms with E-state index in [9.17, 15) is 9.35 Å². The molecule has 2 rings (SSSR count). The molecule has 2 atom stereocenters. The molecule has 82 valence electrons. The van der Waals surface area contributed by atoms with Crippen LogP contribution in [0.25, 0.3) is 0 Å². The van der Waals surface area contributed by atoms with Crippen LogP contribution in [0.5, 0.6) is 0 Å². The minimum Gasteiger partial charge on any atom is -0.591 e. The van der Waals surface area contributed by atoms with Crippen LogP contribution in [0, 0.1) is 0 Å². The highest BCUT2D eigenvalue weighted by atomic mass is 32.2. The lowest BCUT2D eigenvalue weighted by Crippen LogP contribution is -2.40. The molecule has 7 heteroatoms. The molecule has 0 saturated carbocycles. The van der Waals surface area contributed by atoms with Crippen LogP contribution in [0.4, 0.5) is 0 Å². The van der Waals surface area contributed by atoms with Gasteiger partial charge in [0, 0.05) is 18.1 Å². The maximum Gasteiger partial charge on any atom is 0.325 e. The zero-order valence-electron chi connectivity index (χ0n) is 7.83. The molecule has 15 heavy (non-hydrogen) atoms. The van der Waals surface area contributed by atoms with Gasteiger partial charge in [-0.15, -0.1) is 4.31 Å². The van der Waals surface area contributed by atoms with Crippen molar-refractivity contribution in [2.24, 2.45) is 0 Å². The van der Waals surface area contributed by atoms with Crippen molar-refractivity contribution in [1.29, 1.82) is 0 Å². The van der Waals surface area contributed by atoms with Gasteiger partial charge in [0.2, 0.25) is 0 Å². The van der Waals surface area contributed by atoms with Crippen LogP contribution in [-0.2, 0) is 16.2 Å². The highest BCUT2D eigenvalue weighted by molar-refractivity contribution is 7.91. The molecule has 0 bridgehead atoms. The smallest absolute Gasteiger partial charge is 0.325 e. The first-order valence-electron chi connectivity index (χ1n) is 4.51. The lowest BCUT2D eigenvalue weighted by atomic mass is 10.2. The van der Waals surface area contributed by atoms with E-state index >= 15 is 0 Å². The lowest BCUT2D eigenvalue weighted by Gasteiger charge is -2.20. The van der Waals surface area contributed by atoms with Crippen molar-refractivity contribution in [3.63, 3.8) is 0 Å². The van der Waals surface area contributed by atoms with Gasteiger partial charge in [-0.2, -0.15) is 4.98 Å². The van der Waals surface area contributed by atoms with E-state index in [1.165, 1.54) is 15.6 Å². The molecule has 1 aliphatic rings. The molecular formula is C8H10N2O3S2. The Morgan fingerprint density at radius 3 is 3.20 bits per heavy atom. The monoisotopic (exact) mass is 246 g/mol. The molecule has 2 heterocycles. The minimum absolute atomic E-state index is 0.475. The van der Waals surface area contributed by atoms with Gasteiger partial charge in [-0.05, 0) is 12.8 Å². The van der Waals surface area contributed by atoms with Gasteiger partial charge in [0.1, 0.15) is 11.4 Å². The Morgan fingerprint density at radius 2 is 2.60 bits per heavy atom. The summed E-state index contributed by atoms with van der Waals surface area (Å²) in [5.74, 6) is -0.905. The van der Waals surface area contributed by atoms with Crippen LogP contribution < -0.4 is 0 Å². The number of carboxylic acid groups (broad SMARTS) is 1. The van der Waals surface area contributed by atoms with Gasteiger partial charge in [-0.25, -0.2) is 0 Å². The van der Waals surface area contributed by atoms with E-state index in [-0.39, 0.29) is 0 Å². The first-order chi connectivity index (χ1) is 7.20. The van der Waals surface area contributed by atoms with Crippen LogP contribution in [0.15, 0.2) is 15.9 Å². The van der Waals surface area contributed by atoms with Gasteiger partial charge in [0.25, 0.3) is 0 Å². The normalized spacial score (nSPS) is 24.2. The second-order valence-electron chi connectivity index (χ2n) is 3.18. The van der Waals surface area contributed by atoms with Crippen molar-refractivity contribution >= 4 is 28.7 Å². The molecule has 1 unspecified atom stereocenters. The van der Waals surface area contributed by atoms with Crippen LogP contribution in [0.1, 0.15) is 12.8 Å². The van der Waals surface area contributed by atoms with E-state index in [2.05, 4.69) is 4.98 Å². The van der Waals surface area contributed by atoms with Crippen molar-refractivity contribution in [3.05, 3.63) is 11.6 Å². The van der Waals surface area contributed by atoms with Gasteiger partial charge in [-0.1, -0.05) is 11.3 Å². The van der Waals surface area contributed by atoms with E-state index in [1.807, 2.05) is 0 Å². The molecule has 0 amide bonds. The fourth-order valence-electron chi connectivity index (χ4n) is 1.58. The summed E-state index contributed by atoms with van der Waals surface area (Å²) in [6.07, 6.45) is 2.91. The van der Waals surface area contributed by atoms with Gasteiger partial charge in [0.05, 0.1) is 0 Å². The fraction of sp³-hybridized carbons (Fsp3) is 0.500. The molecular weight excluding hydrogens is 236 g/mol. The molecule has 0 spiro atoms. The molecule has 1 saturated heterocycles. The average molecular weight is 246 g/mol. The first-order valence-corrected chi connectivity index (χ1v) is 6.49. The van der Waals surface area contributed by atoms with Crippen LogP contribution >= 0.6 is 11.3 Å². The summed E-state index contributed by atoms with van der Waals surface area (Å²) in [7, 11) is 0. The average Bonchev–Trinajstić information content (AvgIpc) is 2.88.